The quantitative estimate of drug-likeness (QED) is 0.622. The first kappa shape index (κ1) is 20.2. The third-order valence-corrected chi connectivity index (χ3v) is 5.91. The maximum absolute atomic E-state index is 5.63. The van der Waals surface area contributed by atoms with E-state index in [2.05, 4.69) is 38.1 Å². The molecule has 3 aromatic heterocycles. The van der Waals surface area contributed by atoms with Crippen LogP contribution in [0.25, 0.3) is 22.4 Å². The number of nitrogens with one attached hydrogen (secondary N) is 2. The molecule has 0 aromatic carbocycles. The summed E-state index contributed by atoms with van der Waals surface area (Å²) >= 11 is 0. The number of hydrogen-bond acceptors (Lipinski definition) is 8. The van der Waals surface area contributed by atoms with Crippen molar-refractivity contribution < 1.29 is 9.47 Å². The van der Waals surface area contributed by atoms with Gasteiger partial charge in [0.1, 0.15) is 17.3 Å². The smallest absolute Gasteiger partial charge is 0.164 e. The minimum Gasteiger partial charge on any atom is -0.379 e. The van der Waals surface area contributed by atoms with Crippen LogP contribution in [0.2, 0.25) is 0 Å². The zero-order valence-electron chi connectivity index (χ0n) is 17.9. The Morgan fingerprint density at radius 1 is 1.13 bits per heavy atom. The van der Waals surface area contributed by atoms with Crippen molar-refractivity contribution in [1.82, 2.24) is 24.8 Å². The van der Waals surface area contributed by atoms with Gasteiger partial charge in [0.15, 0.2) is 5.82 Å². The Kier molecular flexibility index (Phi) is 5.97. The Bertz CT molecular complexity index is 1020. The molecule has 0 saturated carbocycles. The van der Waals surface area contributed by atoms with E-state index in [1.807, 2.05) is 18.3 Å². The van der Waals surface area contributed by atoms with E-state index in [1.165, 1.54) is 0 Å². The van der Waals surface area contributed by atoms with Crippen molar-refractivity contribution in [2.45, 2.75) is 13.0 Å². The molecule has 2 N–H and O–H groups in total. The maximum atomic E-state index is 5.63. The highest BCUT2D eigenvalue weighted by Gasteiger charge is 2.22. The molecule has 0 amide bonds. The normalized spacial score (nSPS) is 20.3. The van der Waals surface area contributed by atoms with E-state index in [-0.39, 0.29) is 6.04 Å². The van der Waals surface area contributed by atoms with Gasteiger partial charge in [0.25, 0.3) is 0 Å². The summed E-state index contributed by atoms with van der Waals surface area (Å²) in [6.07, 6.45) is 3.70. The lowest BCUT2D eigenvalue weighted by Crippen LogP contribution is -2.44. The number of rotatable bonds is 6. The van der Waals surface area contributed by atoms with E-state index in [0.717, 1.165) is 74.2 Å². The Labute approximate surface area is 181 Å². The summed E-state index contributed by atoms with van der Waals surface area (Å²) in [5.41, 5.74) is 1.82. The Morgan fingerprint density at radius 2 is 2.00 bits per heavy atom. The van der Waals surface area contributed by atoms with Crippen LogP contribution in [0.15, 0.2) is 30.6 Å². The maximum Gasteiger partial charge on any atom is 0.164 e. The highest BCUT2D eigenvalue weighted by molar-refractivity contribution is 5.91. The summed E-state index contributed by atoms with van der Waals surface area (Å²) in [6.45, 7) is 9.78. The van der Waals surface area contributed by atoms with Crippen molar-refractivity contribution in [1.29, 1.82) is 0 Å². The molecule has 0 aliphatic carbocycles. The molecule has 5 heterocycles. The van der Waals surface area contributed by atoms with Gasteiger partial charge in [-0.3, -0.25) is 4.90 Å². The summed E-state index contributed by atoms with van der Waals surface area (Å²) in [6, 6.07) is 6.33. The lowest BCUT2D eigenvalue weighted by molar-refractivity contribution is 0.0398. The van der Waals surface area contributed by atoms with Crippen molar-refractivity contribution in [2.24, 2.45) is 0 Å². The standard InChI is InChI=1S/C22H29N7O2/c1-16-15-31-13-10-29(16)20-14-19(23-6-7-28-8-11-30-12-9-28)26-22(27-20)18-3-5-25-21-17(18)2-4-24-21/h2-5,14,16H,6-13,15H2,1H3,(H,24,25)(H,23,26,27). The van der Waals surface area contributed by atoms with Crippen LogP contribution >= 0.6 is 0 Å². The third-order valence-electron chi connectivity index (χ3n) is 5.91. The van der Waals surface area contributed by atoms with Crippen molar-refractivity contribution in [3.05, 3.63) is 30.6 Å². The van der Waals surface area contributed by atoms with Gasteiger partial charge in [-0.25, -0.2) is 15.0 Å². The predicted octanol–water partition coefficient (Wildman–Crippen LogP) is 1.99. The van der Waals surface area contributed by atoms with Crippen LogP contribution in [0.5, 0.6) is 0 Å². The number of pyridine rings is 1. The molecular formula is C22H29N7O2. The SMILES string of the molecule is CC1COCCN1c1cc(NCCN2CCOCC2)nc(-c2ccnc3[nH]ccc23)n1. The Balaban J connectivity index is 1.44. The zero-order valence-corrected chi connectivity index (χ0v) is 17.9. The van der Waals surface area contributed by atoms with E-state index in [1.54, 1.807) is 6.20 Å². The lowest BCUT2D eigenvalue weighted by atomic mass is 10.1. The van der Waals surface area contributed by atoms with Crippen LogP contribution in [0, 0.1) is 0 Å². The van der Waals surface area contributed by atoms with Crippen molar-refractivity contribution in [3.63, 3.8) is 0 Å². The van der Waals surface area contributed by atoms with E-state index in [4.69, 9.17) is 19.4 Å². The fourth-order valence-corrected chi connectivity index (χ4v) is 4.18. The molecule has 0 spiro atoms. The number of fused-ring (bicyclic) bond motifs is 1. The average Bonchev–Trinajstić information content (AvgIpc) is 3.29. The van der Waals surface area contributed by atoms with E-state index in [9.17, 15) is 0 Å². The molecule has 0 bridgehead atoms. The summed E-state index contributed by atoms with van der Waals surface area (Å²) in [7, 11) is 0. The van der Waals surface area contributed by atoms with Gasteiger partial charge >= 0.3 is 0 Å². The van der Waals surface area contributed by atoms with Gasteiger partial charge < -0.3 is 24.7 Å². The number of aromatic nitrogens is 4. The lowest BCUT2D eigenvalue weighted by Gasteiger charge is -2.34. The Morgan fingerprint density at radius 3 is 2.87 bits per heavy atom. The second-order valence-corrected chi connectivity index (χ2v) is 8.03. The summed E-state index contributed by atoms with van der Waals surface area (Å²) in [5, 5.41) is 4.55. The molecule has 1 unspecified atom stereocenters. The molecule has 2 saturated heterocycles. The molecule has 3 aromatic rings. The van der Waals surface area contributed by atoms with Gasteiger partial charge in [0.2, 0.25) is 0 Å². The third kappa shape index (κ3) is 4.48. The molecule has 31 heavy (non-hydrogen) atoms. The molecule has 2 aliphatic rings. The molecule has 2 fully saturated rings. The predicted molar refractivity (Wildman–Crippen MR) is 120 cm³/mol. The molecule has 1 atom stereocenters. The van der Waals surface area contributed by atoms with Gasteiger partial charge in [-0.05, 0) is 19.1 Å². The molecule has 164 valence electrons. The second kappa shape index (κ2) is 9.17. The van der Waals surface area contributed by atoms with Crippen molar-refractivity contribution in [3.8, 4) is 11.4 Å². The first-order valence-corrected chi connectivity index (χ1v) is 11.0. The number of morpholine rings is 2. The number of hydrogen-bond donors (Lipinski definition) is 2. The van der Waals surface area contributed by atoms with E-state index in [0.29, 0.717) is 19.0 Å². The van der Waals surface area contributed by atoms with Crippen molar-refractivity contribution >= 4 is 22.7 Å². The molecule has 5 rings (SSSR count). The number of aromatic amines is 1. The molecule has 2 aliphatic heterocycles. The minimum atomic E-state index is 0.266. The van der Waals surface area contributed by atoms with Gasteiger partial charge in [-0.1, -0.05) is 0 Å². The molecular weight excluding hydrogens is 394 g/mol. The zero-order chi connectivity index (χ0) is 21.0. The van der Waals surface area contributed by atoms with Gasteiger partial charge in [0.05, 0.1) is 32.5 Å². The van der Waals surface area contributed by atoms with Crippen LogP contribution in [0.4, 0.5) is 11.6 Å². The number of nitrogens with zero attached hydrogens (tertiary/aromatic N) is 5. The van der Waals surface area contributed by atoms with Gasteiger partial charge in [0, 0.05) is 62.1 Å². The van der Waals surface area contributed by atoms with Gasteiger partial charge in [-0.15, -0.1) is 0 Å². The summed E-state index contributed by atoms with van der Waals surface area (Å²) in [4.78, 5) is 22.1. The first-order chi connectivity index (χ1) is 15.3. The van der Waals surface area contributed by atoms with Crippen LogP contribution < -0.4 is 10.2 Å². The molecule has 9 nitrogen and oxygen atoms in total. The minimum absolute atomic E-state index is 0.266. The highest BCUT2D eigenvalue weighted by atomic mass is 16.5. The topological polar surface area (TPSA) is 91.4 Å². The monoisotopic (exact) mass is 423 g/mol. The van der Waals surface area contributed by atoms with Crippen LogP contribution in [-0.2, 0) is 9.47 Å². The van der Waals surface area contributed by atoms with Crippen LogP contribution in [0.3, 0.4) is 0 Å². The Hall–Kier alpha value is -2.75. The second-order valence-electron chi connectivity index (χ2n) is 8.03. The highest BCUT2D eigenvalue weighted by Crippen LogP contribution is 2.28. The van der Waals surface area contributed by atoms with Crippen LogP contribution in [0.1, 0.15) is 6.92 Å². The number of H-pyrrole nitrogens is 1. The van der Waals surface area contributed by atoms with Crippen molar-refractivity contribution in [2.75, 3.05) is 69.4 Å². The van der Waals surface area contributed by atoms with Gasteiger partial charge in [-0.2, -0.15) is 0 Å². The average molecular weight is 424 g/mol. The van der Waals surface area contributed by atoms with E-state index < -0.39 is 0 Å². The molecule has 9 heteroatoms. The fraction of sp³-hybridized carbons (Fsp3) is 0.500. The summed E-state index contributed by atoms with van der Waals surface area (Å²) in [5.74, 6) is 2.47. The fourth-order valence-electron chi connectivity index (χ4n) is 4.18. The first-order valence-electron chi connectivity index (χ1n) is 11.0. The van der Waals surface area contributed by atoms with E-state index >= 15 is 0 Å². The number of anilines is 2. The number of ether oxygens (including phenoxy) is 2. The summed E-state index contributed by atoms with van der Waals surface area (Å²) < 4.78 is 11.1. The largest absolute Gasteiger partial charge is 0.379 e. The molecule has 0 radical (unpaired) electrons. The van der Waals surface area contributed by atoms with Crippen LogP contribution in [-0.4, -0.2) is 90.0 Å².